The maximum atomic E-state index is 13.9. The number of benzene rings is 1. The number of imidazole rings is 1. The summed E-state index contributed by atoms with van der Waals surface area (Å²) in [5.74, 6) is -2.56. The van der Waals surface area contributed by atoms with E-state index >= 15 is 0 Å². The highest BCUT2D eigenvalue weighted by atomic mass is 35.5. The van der Waals surface area contributed by atoms with Gasteiger partial charge in [0.2, 0.25) is 5.78 Å². The molecule has 0 fully saturated rings. The van der Waals surface area contributed by atoms with Crippen LogP contribution in [-0.2, 0) is 7.05 Å². The monoisotopic (exact) mass is 277 g/mol. The summed E-state index contributed by atoms with van der Waals surface area (Å²) in [4.78, 5) is 16.0. The van der Waals surface area contributed by atoms with Crippen molar-refractivity contribution in [2.45, 2.75) is 5.92 Å². The van der Waals surface area contributed by atoms with Crippen LogP contribution in [0.25, 0.3) is 0 Å². The van der Waals surface area contributed by atoms with Crippen LogP contribution in [0.2, 0.25) is 5.02 Å². The Morgan fingerprint density at radius 1 is 1.58 bits per heavy atom. The van der Waals surface area contributed by atoms with Gasteiger partial charge in [0.1, 0.15) is 17.4 Å². The topological polar surface area (TPSA) is 58.7 Å². The van der Waals surface area contributed by atoms with Crippen molar-refractivity contribution in [1.29, 1.82) is 5.26 Å². The number of nitriles is 1. The molecule has 0 bridgehead atoms. The lowest BCUT2D eigenvalue weighted by molar-refractivity contribution is 0.0973. The van der Waals surface area contributed by atoms with Crippen LogP contribution in [0.4, 0.5) is 4.39 Å². The molecule has 0 amide bonds. The maximum Gasteiger partial charge on any atom is 0.204 e. The van der Waals surface area contributed by atoms with Crippen molar-refractivity contribution >= 4 is 17.4 Å². The van der Waals surface area contributed by atoms with E-state index < -0.39 is 17.5 Å². The van der Waals surface area contributed by atoms with E-state index in [-0.39, 0.29) is 16.3 Å². The molecule has 0 saturated heterocycles. The van der Waals surface area contributed by atoms with Crippen LogP contribution in [0.15, 0.2) is 30.7 Å². The zero-order valence-electron chi connectivity index (χ0n) is 9.97. The fourth-order valence-electron chi connectivity index (χ4n) is 1.70. The average Bonchev–Trinajstić information content (AvgIpc) is 2.82. The van der Waals surface area contributed by atoms with E-state index in [0.717, 1.165) is 0 Å². The van der Waals surface area contributed by atoms with Crippen molar-refractivity contribution < 1.29 is 9.18 Å². The fraction of sp³-hybridized carbons (Fsp3) is 0.154. The van der Waals surface area contributed by atoms with Gasteiger partial charge < -0.3 is 4.57 Å². The number of aromatic nitrogens is 2. The number of aryl methyl sites for hydroxylation is 1. The highest BCUT2D eigenvalue weighted by Crippen LogP contribution is 2.26. The summed E-state index contributed by atoms with van der Waals surface area (Å²) >= 11 is 5.65. The Hall–Kier alpha value is -2.19. The van der Waals surface area contributed by atoms with Gasteiger partial charge in [-0.05, 0) is 6.07 Å². The Balaban J connectivity index is 2.43. The summed E-state index contributed by atoms with van der Waals surface area (Å²) in [6.07, 6.45) is 2.92. The molecule has 0 aliphatic rings. The summed E-state index contributed by atoms with van der Waals surface area (Å²) in [6.45, 7) is 0. The van der Waals surface area contributed by atoms with E-state index in [1.165, 1.54) is 30.7 Å². The number of ketones is 1. The molecular weight excluding hydrogens is 269 g/mol. The minimum atomic E-state index is -1.26. The highest BCUT2D eigenvalue weighted by Gasteiger charge is 2.27. The molecule has 1 aromatic carbocycles. The molecular formula is C13H9ClFN3O. The van der Waals surface area contributed by atoms with Crippen LogP contribution >= 0.6 is 11.6 Å². The first-order valence-corrected chi connectivity index (χ1v) is 5.78. The summed E-state index contributed by atoms with van der Waals surface area (Å²) < 4.78 is 15.4. The predicted octanol–water partition coefficient (Wildman–Crippen LogP) is 2.70. The van der Waals surface area contributed by atoms with Crippen molar-refractivity contribution in [1.82, 2.24) is 9.55 Å². The first-order valence-electron chi connectivity index (χ1n) is 5.40. The number of rotatable bonds is 3. The average molecular weight is 278 g/mol. The third-order valence-corrected chi connectivity index (χ3v) is 2.93. The van der Waals surface area contributed by atoms with Crippen molar-refractivity contribution in [3.8, 4) is 6.07 Å². The van der Waals surface area contributed by atoms with E-state index in [9.17, 15) is 9.18 Å². The molecule has 2 aromatic rings. The molecule has 96 valence electrons. The molecule has 19 heavy (non-hydrogen) atoms. The Morgan fingerprint density at radius 3 is 2.89 bits per heavy atom. The molecule has 1 atom stereocenters. The van der Waals surface area contributed by atoms with E-state index in [1.807, 2.05) is 0 Å². The van der Waals surface area contributed by atoms with Crippen molar-refractivity contribution in [2.24, 2.45) is 7.05 Å². The lowest BCUT2D eigenvalue weighted by atomic mass is 9.94. The largest absolute Gasteiger partial charge is 0.340 e. The first-order chi connectivity index (χ1) is 9.04. The lowest BCUT2D eigenvalue weighted by Crippen LogP contribution is -2.13. The molecule has 1 aromatic heterocycles. The normalized spacial score (nSPS) is 11.9. The molecule has 6 heteroatoms. The SMILES string of the molecule is Cn1cnc(C(=O)C(C#N)c2cccc(Cl)c2F)c1. The third-order valence-electron chi connectivity index (χ3n) is 2.64. The van der Waals surface area contributed by atoms with Gasteiger partial charge in [0.25, 0.3) is 0 Å². The molecule has 1 heterocycles. The second-order valence-electron chi connectivity index (χ2n) is 3.99. The summed E-state index contributed by atoms with van der Waals surface area (Å²) in [5.41, 5.74) is 0.0825. The summed E-state index contributed by atoms with van der Waals surface area (Å²) in [5, 5.41) is 9.00. The zero-order chi connectivity index (χ0) is 14.0. The van der Waals surface area contributed by atoms with Crippen LogP contribution in [0.3, 0.4) is 0 Å². The molecule has 4 nitrogen and oxygen atoms in total. The number of halogens is 2. The molecule has 0 aliphatic carbocycles. The van der Waals surface area contributed by atoms with Crippen molar-refractivity contribution in [2.75, 3.05) is 0 Å². The summed E-state index contributed by atoms with van der Waals surface area (Å²) in [7, 11) is 1.70. The van der Waals surface area contributed by atoms with E-state index in [0.29, 0.717) is 0 Å². The van der Waals surface area contributed by atoms with Crippen LogP contribution < -0.4 is 0 Å². The number of hydrogen-bond acceptors (Lipinski definition) is 3. The second-order valence-corrected chi connectivity index (χ2v) is 4.40. The first kappa shape index (κ1) is 13.2. The molecule has 2 rings (SSSR count). The van der Waals surface area contributed by atoms with E-state index in [1.54, 1.807) is 17.7 Å². The molecule has 0 aliphatic heterocycles. The van der Waals surface area contributed by atoms with Gasteiger partial charge >= 0.3 is 0 Å². The Bertz CT molecular complexity index is 675. The number of nitrogens with zero attached hydrogens (tertiary/aromatic N) is 3. The van der Waals surface area contributed by atoms with Crippen LogP contribution in [-0.4, -0.2) is 15.3 Å². The zero-order valence-corrected chi connectivity index (χ0v) is 10.7. The van der Waals surface area contributed by atoms with Gasteiger partial charge in [0, 0.05) is 18.8 Å². The minimum absolute atomic E-state index is 0.0364. The van der Waals surface area contributed by atoms with Gasteiger partial charge in [-0.1, -0.05) is 23.7 Å². The van der Waals surface area contributed by atoms with Gasteiger partial charge in [0.15, 0.2) is 0 Å². The van der Waals surface area contributed by atoms with E-state index in [2.05, 4.69) is 4.98 Å². The van der Waals surface area contributed by atoms with E-state index in [4.69, 9.17) is 16.9 Å². The van der Waals surface area contributed by atoms with Crippen LogP contribution in [0.1, 0.15) is 22.0 Å². The van der Waals surface area contributed by atoms with Crippen molar-refractivity contribution in [3.63, 3.8) is 0 Å². The number of Topliss-reactive ketones (excluding diaryl/α,β-unsaturated/α-hetero) is 1. The Labute approximate surface area is 114 Å². The number of carbonyl (C=O) groups excluding carboxylic acids is 1. The lowest BCUT2D eigenvalue weighted by Gasteiger charge is -2.08. The Morgan fingerprint density at radius 2 is 2.32 bits per heavy atom. The quantitative estimate of drug-likeness (QED) is 0.811. The standard InChI is InChI=1S/C13H9ClFN3O/c1-18-6-11(17-7-18)13(19)9(5-16)8-3-2-4-10(14)12(8)15/h2-4,6-7,9H,1H3. The van der Waals surface area contributed by atoms with Gasteiger partial charge in [-0.2, -0.15) is 5.26 Å². The van der Waals surface area contributed by atoms with Crippen LogP contribution in [0, 0.1) is 17.1 Å². The van der Waals surface area contributed by atoms with Gasteiger partial charge in [-0.3, -0.25) is 4.79 Å². The molecule has 0 spiro atoms. The fourth-order valence-corrected chi connectivity index (χ4v) is 1.88. The van der Waals surface area contributed by atoms with Gasteiger partial charge in [-0.15, -0.1) is 0 Å². The Kier molecular flexibility index (Phi) is 3.63. The molecule has 0 saturated carbocycles. The number of hydrogen-bond donors (Lipinski definition) is 0. The number of carbonyl (C=O) groups is 1. The summed E-state index contributed by atoms with van der Waals surface area (Å²) in [6, 6.07) is 6.03. The van der Waals surface area contributed by atoms with Crippen LogP contribution in [0.5, 0.6) is 0 Å². The predicted molar refractivity (Wildman–Crippen MR) is 67.3 cm³/mol. The minimum Gasteiger partial charge on any atom is -0.340 e. The van der Waals surface area contributed by atoms with Gasteiger partial charge in [-0.25, -0.2) is 9.37 Å². The van der Waals surface area contributed by atoms with Crippen molar-refractivity contribution in [3.05, 3.63) is 52.8 Å². The van der Waals surface area contributed by atoms with Gasteiger partial charge in [0.05, 0.1) is 17.4 Å². The smallest absolute Gasteiger partial charge is 0.204 e. The molecule has 0 radical (unpaired) electrons. The maximum absolute atomic E-state index is 13.9. The molecule has 0 N–H and O–H groups in total. The molecule has 1 unspecified atom stereocenters. The highest BCUT2D eigenvalue weighted by molar-refractivity contribution is 6.30. The second kappa shape index (κ2) is 5.21. The third kappa shape index (κ3) is 2.49.